The first-order valence-electron chi connectivity index (χ1n) is 8.68. The Labute approximate surface area is 161 Å². The van der Waals surface area contributed by atoms with E-state index in [0.717, 1.165) is 12.1 Å². The molecular formula is C19H20F3NO4S. The van der Waals surface area contributed by atoms with Gasteiger partial charge in [-0.1, -0.05) is 0 Å². The quantitative estimate of drug-likeness (QED) is 0.731. The van der Waals surface area contributed by atoms with E-state index in [-0.39, 0.29) is 6.10 Å². The van der Waals surface area contributed by atoms with Crippen LogP contribution in [0, 0.1) is 0 Å². The number of rotatable bonds is 5. The van der Waals surface area contributed by atoms with Crippen LogP contribution in [0.4, 0.5) is 13.2 Å². The van der Waals surface area contributed by atoms with Crippen molar-refractivity contribution in [1.82, 2.24) is 4.31 Å². The van der Waals surface area contributed by atoms with E-state index in [0.29, 0.717) is 43.2 Å². The molecule has 0 atom stereocenters. The lowest BCUT2D eigenvalue weighted by atomic mass is 10.1. The van der Waals surface area contributed by atoms with Crippen LogP contribution in [0.1, 0.15) is 18.4 Å². The Hall–Kier alpha value is -2.26. The van der Waals surface area contributed by atoms with Gasteiger partial charge in [0.1, 0.15) is 23.4 Å². The van der Waals surface area contributed by atoms with Gasteiger partial charge in [0.2, 0.25) is 10.0 Å². The number of halogens is 3. The maximum absolute atomic E-state index is 12.6. The summed E-state index contributed by atoms with van der Waals surface area (Å²) in [5.41, 5.74) is -0.731. The van der Waals surface area contributed by atoms with Crippen LogP contribution in [0.25, 0.3) is 0 Å². The van der Waals surface area contributed by atoms with Gasteiger partial charge in [0, 0.05) is 13.1 Å². The fraction of sp³-hybridized carbons (Fsp3) is 0.368. The third-order valence-corrected chi connectivity index (χ3v) is 5.72. The normalized spacial score (nSPS) is 16.7. The van der Waals surface area contributed by atoms with Gasteiger partial charge in [-0.15, -0.1) is 0 Å². The number of sulfonamides is 1. The van der Waals surface area contributed by atoms with E-state index in [1.165, 1.54) is 22.7 Å². The van der Waals surface area contributed by atoms with E-state index in [9.17, 15) is 21.6 Å². The largest absolute Gasteiger partial charge is 0.490 e. The zero-order valence-electron chi connectivity index (χ0n) is 15.1. The average molecular weight is 415 g/mol. The maximum atomic E-state index is 12.6. The second-order valence-electron chi connectivity index (χ2n) is 6.57. The Kier molecular flexibility index (Phi) is 5.85. The summed E-state index contributed by atoms with van der Waals surface area (Å²) in [5, 5.41) is 0. The second-order valence-corrected chi connectivity index (χ2v) is 8.56. The summed E-state index contributed by atoms with van der Waals surface area (Å²) in [5.74, 6) is 1.39. The first-order chi connectivity index (χ1) is 13.1. The van der Waals surface area contributed by atoms with Gasteiger partial charge < -0.3 is 9.47 Å². The molecule has 1 saturated heterocycles. The van der Waals surface area contributed by atoms with Crippen molar-refractivity contribution < 1.29 is 31.1 Å². The minimum atomic E-state index is -4.38. The number of ether oxygens (including phenoxy) is 2. The van der Waals surface area contributed by atoms with Gasteiger partial charge in [-0.2, -0.15) is 13.2 Å². The van der Waals surface area contributed by atoms with E-state index in [2.05, 4.69) is 0 Å². The standard InChI is InChI=1S/C19H20F3NO4S/c1-28(24,25)23-12-10-18(11-13-23)27-17-8-6-16(7-9-17)26-15-4-2-14(3-5-15)19(20,21)22/h2-9,18H,10-13H2,1H3. The highest BCUT2D eigenvalue weighted by molar-refractivity contribution is 7.88. The van der Waals surface area contributed by atoms with Crippen molar-refractivity contribution in [3.05, 3.63) is 54.1 Å². The first kappa shape index (κ1) is 20.5. The topological polar surface area (TPSA) is 55.8 Å². The summed E-state index contributed by atoms with van der Waals surface area (Å²) in [7, 11) is -3.17. The molecule has 28 heavy (non-hydrogen) atoms. The lowest BCUT2D eigenvalue weighted by Gasteiger charge is -2.30. The molecule has 2 aromatic rings. The number of nitrogens with zero attached hydrogens (tertiary/aromatic N) is 1. The lowest BCUT2D eigenvalue weighted by Crippen LogP contribution is -2.41. The van der Waals surface area contributed by atoms with Crippen LogP contribution in [0.15, 0.2) is 48.5 Å². The fourth-order valence-electron chi connectivity index (χ4n) is 2.91. The molecule has 1 aliphatic heterocycles. The molecule has 0 radical (unpaired) electrons. The van der Waals surface area contributed by atoms with Crippen molar-refractivity contribution in [2.45, 2.75) is 25.1 Å². The molecule has 3 rings (SSSR count). The Balaban J connectivity index is 1.54. The van der Waals surface area contributed by atoms with Crippen molar-refractivity contribution in [3.63, 3.8) is 0 Å². The monoisotopic (exact) mass is 415 g/mol. The van der Waals surface area contributed by atoms with Gasteiger partial charge in [0.05, 0.1) is 11.8 Å². The third-order valence-electron chi connectivity index (χ3n) is 4.41. The first-order valence-corrected chi connectivity index (χ1v) is 10.5. The predicted molar refractivity (Wildman–Crippen MR) is 98.0 cm³/mol. The zero-order chi connectivity index (χ0) is 20.4. The summed E-state index contributed by atoms with van der Waals surface area (Å²) in [6.07, 6.45) is -2.04. The number of alkyl halides is 3. The highest BCUT2D eigenvalue weighted by atomic mass is 32.2. The smallest absolute Gasteiger partial charge is 0.416 e. The Morgan fingerprint density at radius 3 is 1.82 bits per heavy atom. The van der Waals surface area contributed by atoms with E-state index in [1.807, 2.05) is 0 Å². The molecule has 5 nitrogen and oxygen atoms in total. The second kappa shape index (κ2) is 8.00. The summed E-state index contributed by atoms with van der Waals surface area (Å²) in [6.45, 7) is 0.858. The minimum Gasteiger partial charge on any atom is -0.490 e. The molecule has 1 heterocycles. The predicted octanol–water partition coefficient (Wildman–Crippen LogP) is 4.30. The van der Waals surface area contributed by atoms with Crippen molar-refractivity contribution in [3.8, 4) is 17.2 Å². The Morgan fingerprint density at radius 2 is 1.36 bits per heavy atom. The summed E-state index contributed by atoms with van der Waals surface area (Å²) in [4.78, 5) is 0. The number of hydrogen-bond acceptors (Lipinski definition) is 4. The average Bonchev–Trinajstić information content (AvgIpc) is 2.63. The van der Waals surface area contributed by atoms with Crippen LogP contribution in [0.3, 0.4) is 0 Å². The highest BCUT2D eigenvalue weighted by Gasteiger charge is 2.30. The highest BCUT2D eigenvalue weighted by Crippen LogP contribution is 2.32. The molecule has 9 heteroatoms. The maximum Gasteiger partial charge on any atom is 0.416 e. The Morgan fingerprint density at radius 1 is 0.893 bits per heavy atom. The molecular weight excluding hydrogens is 395 g/mol. The van der Waals surface area contributed by atoms with E-state index in [1.54, 1.807) is 24.3 Å². The fourth-order valence-corrected chi connectivity index (χ4v) is 3.78. The number of benzene rings is 2. The summed E-state index contributed by atoms with van der Waals surface area (Å²) >= 11 is 0. The van der Waals surface area contributed by atoms with Crippen molar-refractivity contribution >= 4 is 10.0 Å². The third kappa shape index (κ3) is 5.39. The van der Waals surface area contributed by atoms with Crippen LogP contribution < -0.4 is 9.47 Å². The number of hydrogen-bond donors (Lipinski definition) is 0. The van der Waals surface area contributed by atoms with Crippen molar-refractivity contribution in [2.24, 2.45) is 0 Å². The lowest BCUT2D eigenvalue weighted by molar-refractivity contribution is -0.137. The molecule has 0 bridgehead atoms. The number of piperidine rings is 1. The molecule has 0 unspecified atom stereocenters. The molecule has 152 valence electrons. The van der Waals surface area contributed by atoms with Gasteiger partial charge in [0.15, 0.2) is 0 Å². The van der Waals surface area contributed by atoms with Crippen LogP contribution >= 0.6 is 0 Å². The van der Waals surface area contributed by atoms with E-state index >= 15 is 0 Å². The van der Waals surface area contributed by atoms with Gasteiger partial charge >= 0.3 is 6.18 Å². The molecule has 1 fully saturated rings. The molecule has 0 aromatic heterocycles. The SMILES string of the molecule is CS(=O)(=O)N1CCC(Oc2ccc(Oc3ccc(C(F)(F)F)cc3)cc2)CC1. The van der Waals surface area contributed by atoms with Crippen LogP contribution in [0.2, 0.25) is 0 Å². The molecule has 0 saturated carbocycles. The molecule has 0 N–H and O–H groups in total. The minimum absolute atomic E-state index is 0.0697. The van der Waals surface area contributed by atoms with Crippen LogP contribution in [-0.2, 0) is 16.2 Å². The van der Waals surface area contributed by atoms with Gasteiger partial charge in [-0.05, 0) is 61.4 Å². The Bertz CT molecular complexity index is 888. The molecule has 0 aliphatic carbocycles. The van der Waals surface area contributed by atoms with E-state index in [4.69, 9.17) is 9.47 Å². The van der Waals surface area contributed by atoms with Gasteiger partial charge in [-0.25, -0.2) is 12.7 Å². The van der Waals surface area contributed by atoms with Gasteiger partial charge in [0.25, 0.3) is 0 Å². The van der Waals surface area contributed by atoms with Crippen LogP contribution in [-0.4, -0.2) is 38.2 Å². The van der Waals surface area contributed by atoms with Crippen molar-refractivity contribution in [1.29, 1.82) is 0 Å². The zero-order valence-corrected chi connectivity index (χ0v) is 16.0. The van der Waals surface area contributed by atoms with E-state index < -0.39 is 21.8 Å². The molecule has 0 amide bonds. The molecule has 0 spiro atoms. The summed E-state index contributed by atoms with van der Waals surface area (Å²) < 4.78 is 73.6. The van der Waals surface area contributed by atoms with Gasteiger partial charge in [-0.3, -0.25) is 0 Å². The summed E-state index contributed by atoms with van der Waals surface area (Å²) in [6, 6.07) is 11.2. The van der Waals surface area contributed by atoms with Crippen LogP contribution in [0.5, 0.6) is 17.2 Å². The molecule has 1 aliphatic rings. The van der Waals surface area contributed by atoms with Crippen molar-refractivity contribution in [2.75, 3.05) is 19.3 Å². The molecule has 2 aromatic carbocycles.